The molecule has 1 aromatic rings. The van der Waals surface area contributed by atoms with Crippen LogP contribution in [0.15, 0.2) is 30.5 Å². The van der Waals surface area contributed by atoms with Crippen LogP contribution < -0.4 is 15.4 Å². The number of methoxy groups -OCH3 is 1. The fourth-order valence-corrected chi connectivity index (χ4v) is 3.77. The van der Waals surface area contributed by atoms with Crippen LogP contribution in [0.2, 0.25) is 0 Å². The highest BCUT2D eigenvalue weighted by Crippen LogP contribution is 2.13. The molecule has 1 fully saturated rings. The summed E-state index contributed by atoms with van der Waals surface area (Å²) in [7, 11) is -1.40. The lowest BCUT2D eigenvalue weighted by Gasteiger charge is -2.09. The molecule has 1 aromatic carbocycles. The maximum atomic E-state index is 11.6. The SMILES string of the molecule is COc1cccc(/C=C/NC(=O)NC2CCS(=O)(=O)C2)c1. The van der Waals surface area contributed by atoms with Gasteiger partial charge in [-0.05, 0) is 30.2 Å². The Bertz CT molecular complexity index is 640. The van der Waals surface area contributed by atoms with Crippen molar-refractivity contribution in [1.29, 1.82) is 0 Å². The molecule has 0 spiro atoms. The van der Waals surface area contributed by atoms with E-state index in [1.54, 1.807) is 13.2 Å². The van der Waals surface area contributed by atoms with Crippen LogP contribution in [0, 0.1) is 0 Å². The zero-order valence-corrected chi connectivity index (χ0v) is 12.5. The van der Waals surface area contributed by atoms with E-state index < -0.39 is 15.9 Å². The quantitative estimate of drug-likeness (QED) is 0.874. The van der Waals surface area contributed by atoms with Gasteiger partial charge >= 0.3 is 6.03 Å². The Balaban J connectivity index is 1.82. The van der Waals surface area contributed by atoms with Crippen molar-refractivity contribution in [2.75, 3.05) is 18.6 Å². The Morgan fingerprint density at radius 2 is 2.24 bits per heavy atom. The van der Waals surface area contributed by atoms with Gasteiger partial charge in [-0.15, -0.1) is 0 Å². The highest BCUT2D eigenvalue weighted by Gasteiger charge is 2.28. The number of urea groups is 1. The average molecular weight is 310 g/mol. The first kappa shape index (κ1) is 15.4. The number of rotatable bonds is 4. The van der Waals surface area contributed by atoms with Gasteiger partial charge in [-0.25, -0.2) is 13.2 Å². The molecule has 1 saturated heterocycles. The Kier molecular flexibility index (Phi) is 4.85. The van der Waals surface area contributed by atoms with Crippen LogP contribution in [0.4, 0.5) is 4.79 Å². The van der Waals surface area contributed by atoms with Crippen molar-refractivity contribution in [2.24, 2.45) is 0 Å². The summed E-state index contributed by atoms with van der Waals surface area (Å²) >= 11 is 0. The summed E-state index contributed by atoms with van der Waals surface area (Å²) < 4.78 is 27.7. The Morgan fingerprint density at radius 3 is 2.90 bits per heavy atom. The molecule has 1 unspecified atom stereocenters. The standard InChI is InChI=1S/C14H18N2O4S/c1-20-13-4-2-3-11(9-13)5-7-15-14(17)16-12-6-8-21(18,19)10-12/h2-5,7,9,12H,6,8,10H2,1H3,(H2,15,16,17)/b7-5+. The molecule has 2 amide bonds. The highest BCUT2D eigenvalue weighted by molar-refractivity contribution is 7.91. The van der Waals surface area contributed by atoms with Crippen LogP contribution in [0.25, 0.3) is 6.08 Å². The lowest BCUT2D eigenvalue weighted by atomic mass is 10.2. The first-order valence-electron chi connectivity index (χ1n) is 6.56. The number of ether oxygens (including phenoxy) is 1. The molecule has 0 aliphatic carbocycles. The van der Waals surface area contributed by atoms with Crippen molar-refractivity contribution in [1.82, 2.24) is 10.6 Å². The van der Waals surface area contributed by atoms with Crippen LogP contribution in [-0.4, -0.2) is 39.1 Å². The highest BCUT2D eigenvalue weighted by atomic mass is 32.2. The lowest BCUT2D eigenvalue weighted by Crippen LogP contribution is -2.40. The molecule has 1 atom stereocenters. The van der Waals surface area contributed by atoms with Crippen molar-refractivity contribution in [3.63, 3.8) is 0 Å². The Hall–Kier alpha value is -2.02. The Labute approximate surface area is 124 Å². The minimum absolute atomic E-state index is 0.0139. The fraction of sp³-hybridized carbons (Fsp3) is 0.357. The molecular weight excluding hydrogens is 292 g/mol. The van der Waals surface area contributed by atoms with E-state index in [1.165, 1.54) is 6.20 Å². The number of hydrogen-bond acceptors (Lipinski definition) is 4. The summed E-state index contributed by atoms with van der Waals surface area (Å²) in [4.78, 5) is 11.6. The van der Waals surface area contributed by atoms with Gasteiger partial charge in [0.05, 0.1) is 18.6 Å². The largest absolute Gasteiger partial charge is 0.497 e. The van der Waals surface area contributed by atoms with Crippen molar-refractivity contribution in [3.05, 3.63) is 36.0 Å². The van der Waals surface area contributed by atoms with E-state index in [1.807, 2.05) is 24.3 Å². The molecule has 1 aliphatic heterocycles. The van der Waals surface area contributed by atoms with Crippen LogP contribution in [-0.2, 0) is 9.84 Å². The second kappa shape index (κ2) is 6.62. The van der Waals surface area contributed by atoms with Crippen molar-refractivity contribution in [3.8, 4) is 5.75 Å². The van der Waals surface area contributed by atoms with Crippen LogP contribution in [0.3, 0.4) is 0 Å². The molecule has 7 heteroatoms. The third-order valence-electron chi connectivity index (χ3n) is 3.15. The molecule has 0 radical (unpaired) electrons. The number of benzene rings is 1. The van der Waals surface area contributed by atoms with Gasteiger partial charge in [-0.1, -0.05) is 12.1 Å². The van der Waals surface area contributed by atoms with Gasteiger partial charge in [-0.2, -0.15) is 0 Å². The minimum Gasteiger partial charge on any atom is -0.497 e. The molecule has 21 heavy (non-hydrogen) atoms. The van der Waals surface area contributed by atoms with Crippen LogP contribution >= 0.6 is 0 Å². The number of sulfone groups is 1. The van der Waals surface area contributed by atoms with Gasteiger partial charge in [-0.3, -0.25) is 0 Å². The summed E-state index contributed by atoms with van der Waals surface area (Å²) in [5.41, 5.74) is 0.887. The van der Waals surface area contributed by atoms with Gasteiger partial charge in [0.1, 0.15) is 5.75 Å². The predicted molar refractivity (Wildman–Crippen MR) is 80.8 cm³/mol. The summed E-state index contributed by atoms with van der Waals surface area (Å²) in [6.07, 6.45) is 3.70. The topological polar surface area (TPSA) is 84.5 Å². The van der Waals surface area contributed by atoms with Gasteiger partial charge in [0.15, 0.2) is 9.84 Å². The van der Waals surface area contributed by atoms with E-state index in [0.29, 0.717) is 6.42 Å². The maximum absolute atomic E-state index is 11.6. The molecule has 2 rings (SSSR count). The van der Waals surface area contributed by atoms with Crippen molar-refractivity contribution < 1.29 is 17.9 Å². The first-order valence-corrected chi connectivity index (χ1v) is 8.39. The van der Waals surface area contributed by atoms with Gasteiger partial charge in [0, 0.05) is 12.2 Å². The van der Waals surface area contributed by atoms with Gasteiger partial charge in [0.2, 0.25) is 0 Å². The third kappa shape index (κ3) is 4.78. The summed E-state index contributed by atoms with van der Waals surface area (Å²) in [5, 5.41) is 5.19. The molecule has 114 valence electrons. The second-order valence-corrected chi connectivity index (χ2v) is 7.06. The molecule has 2 N–H and O–H groups in total. The van der Waals surface area contributed by atoms with Gasteiger partial charge in [0.25, 0.3) is 0 Å². The number of amides is 2. The minimum atomic E-state index is -2.99. The molecule has 0 bridgehead atoms. The number of hydrogen-bond donors (Lipinski definition) is 2. The second-order valence-electron chi connectivity index (χ2n) is 4.83. The van der Waals surface area contributed by atoms with E-state index in [9.17, 15) is 13.2 Å². The summed E-state index contributed by atoms with van der Waals surface area (Å²) in [5.74, 6) is 0.884. The van der Waals surface area contributed by atoms with E-state index in [-0.39, 0.29) is 17.5 Å². The maximum Gasteiger partial charge on any atom is 0.319 e. The molecular formula is C14H18N2O4S. The molecule has 1 aliphatic rings. The van der Waals surface area contributed by atoms with E-state index in [2.05, 4.69) is 10.6 Å². The van der Waals surface area contributed by atoms with Crippen molar-refractivity contribution in [2.45, 2.75) is 12.5 Å². The average Bonchev–Trinajstić information content (AvgIpc) is 2.78. The van der Waals surface area contributed by atoms with Crippen LogP contribution in [0.5, 0.6) is 5.75 Å². The lowest BCUT2D eigenvalue weighted by molar-refractivity contribution is 0.241. The van der Waals surface area contributed by atoms with E-state index >= 15 is 0 Å². The molecule has 0 saturated carbocycles. The molecule has 6 nitrogen and oxygen atoms in total. The fourth-order valence-electron chi connectivity index (χ4n) is 2.09. The zero-order chi connectivity index (χ0) is 15.3. The molecule has 0 aromatic heterocycles. The summed E-state index contributed by atoms with van der Waals surface area (Å²) in [6.45, 7) is 0. The number of carbonyl (C=O) groups excluding carboxylic acids is 1. The normalized spacial score (nSPS) is 20.3. The smallest absolute Gasteiger partial charge is 0.319 e. The zero-order valence-electron chi connectivity index (χ0n) is 11.7. The number of nitrogens with one attached hydrogen (secondary N) is 2. The molecule has 1 heterocycles. The number of carbonyl (C=O) groups is 1. The van der Waals surface area contributed by atoms with Gasteiger partial charge < -0.3 is 15.4 Å². The Morgan fingerprint density at radius 1 is 1.43 bits per heavy atom. The predicted octanol–water partition coefficient (Wildman–Crippen LogP) is 1.15. The van der Waals surface area contributed by atoms with Crippen molar-refractivity contribution >= 4 is 21.9 Å². The van der Waals surface area contributed by atoms with E-state index in [4.69, 9.17) is 4.74 Å². The van der Waals surface area contributed by atoms with E-state index in [0.717, 1.165) is 11.3 Å². The first-order chi connectivity index (χ1) is 9.98. The third-order valence-corrected chi connectivity index (χ3v) is 4.92. The monoisotopic (exact) mass is 310 g/mol. The summed E-state index contributed by atoms with van der Waals surface area (Å²) in [6, 6.07) is 6.68. The van der Waals surface area contributed by atoms with Crippen LogP contribution in [0.1, 0.15) is 12.0 Å².